The molecule has 6 nitrogen and oxygen atoms in total. The average Bonchev–Trinajstić information content (AvgIpc) is 2.44. The number of nitrogens with two attached hydrogens (primary N) is 1. The minimum atomic E-state index is -0.819. The summed E-state index contributed by atoms with van der Waals surface area (Å²) in [6, 6.07) is -0.496. The summed E-state index contributed by atoms with van der Waals surface area (Å²) in [5.41, 5.74) is 5.21. The Kier molecular flexibility index (Phi) is 5.31. The number of rotatable bonds is 5. The second-order valence-electron chi connectivity index (χ2n) is 5.46. The molecule has 2 unspecified atom stereocenters. The van der Waals surface area contributed by atoms with Crippen LogP contribution < -0.4 is 5.73 Å². The minimum Gasteiger partial charge on any atom is -0.480 e. The van der Waals surface area contributed by atoms with E-state index >= 15 is 0 Å². The molecule has 0 aromatic carbocycles. The highest BCUT2D eigenvalue weighted by atomic mass is 16.4. The van der Waals surface area contributed by atoms with Gasteiger partial charge in [-0.15, -0.1) is 0 Å². The van der Waals surface area contributed by atoms with Gasteiger partial charge in [0.25, 0.3) is 0 Å². The van der Waals surface area contributed by atoms with Crippen molar-refractivity contribution in [3.05, 3.63) is 0 Å². The molecule has 1 aliphatic heterocycles. The maximum absolute atomic E-state index is 12.4. The first-order chi connectivity index (χ1) is 8.85. The van der Waals surface area contributed by atoms with Crippen LogP contribution in [0.4, 0.5) is 0 Å². The molecule has 110 valence electrons. The van der Waals surface area contributed by atoms with Crippen molar-refractivity contribution in [1.29, 1.82) is 0 Å². The van der Waals surface area contributed by atoms with Crippen molar-refractivity contribution in [1.82, 2.24) is 9.80 Å². The van der Waals surface area contributed by atoms with Crippen LogP contribution in [0.2, 0.25) is 0 Å². The van der Waals surface area contributed by atoms with Crippen molar-refractivity contribution >= 4 is 11.9 Å². The molecule has 1 saturated heterocycles. The Hall–Kier alpha value is -1.14. The van der Waals surface area contributed by atoms with Gasteiger partial charge in [0, 0.05) is 32.7 Å². The Morgan fingerprint density at radius 2 is 1.84 bits per heavy atom. The number of carboxylic acids is 1. The molecule has 6 heteroatoms. The van der Waals surface area contributed by atoms with E-state index in [0.29, 0.717) is 39.1 Å². The highest BCUT2D eigenvalue weighted by molar-refractivity contribution is 5.82. The molecule has 2 atom stereocenters. The van der Waals surface area contributed by atoms with E-state index in [1.807, 2.05) is 18.7 Å². The quantitative estimate of drug-likeness (QED) is 0.734. The number of piperazine rings is 1. The van der Waals surface area contributed by atoms with Gasteiger partial charge in [-0.25, -0.2) is 0 Å². The van der Waals surface area contributed by atoms with E-state index in [0.717, 1.165) is 0 Å². The summed E-state index contributed by atoms with van der Waals surface area (Å²) >= 11 is 0. The van der Waals surface area contributed by atoms with E-state index in [-0.39, 0.29) is 5.91 Å². The fourth-order valence-corrected chi connectivity index (χ4v) is 2.23. The van der Waals surface area contributed by atoms with Crippen LogP contribution in [0.25, 0.3) is 0 Å². The van der Waals surface area contributed by atoms with Gasteiger partial charge in [-0.2, -0.15) is 0 Å². The second kappa shape index (κ2) is 6.34. The topological polar surface area (TPSA) is 86.9 Å². The third-order valence-electron chi connectivity index (χ3n) is 4.25. The Morgan fingerprint density at radius 3 is 2.21 bits per heavy atom. The van der Waals surface area contributed by atoms with Gasteiger partial charge in [0.05, 0.1) is 5.41 Å². The number of carboxylic acid groups (broad SMARTS) is 1. The van der Waals surface area contributed by atoms with Crippen LogP contribution in [0.3, 0.4) is 0 Å². The van der Waals surface area contributed by atoms with Gasteiger partial charge >= 0.3 is 5.97 Å². The van der Waals surface area contributed by atoms with Crippen molar-refractivity contribution in [2.75, 3.05) is 32.7 Å². The van der Waals surface area contributed by atoms with Crippen molar-refractivity contribution < 1.29 is 14.7 Å². The van der Waals surface area contributed by atoms with Crippen LogP contribution in [-0.2, 0) is 9.59 Å². The molecule has 0 radical (unpaired) electrons. The van der Waals surface area contributed by atoms with Gasteiger partial charge in [0.15, 0.2) is 0 Å². The summed E-state index contributed by atoms with van der Waals surface area (Å²) in [5, 5.41) is 8.98. The first-order valence-electron chi connectivity index (χ1n) is 6.82. The highest BCUT2D eigenvalue weighted by Gasteiger charge is 2.36. The Balaban J connectivity index is 2.59. The molecule has 0 spiro atoms. The smallest absolute Gasteiger partial charge is 0.320 e. The summed E-state index contributed by atoms with van der Waals surface area (Å²) in [7, 11) is 0. The number of carbonyl (C=O) groups excluding carboxylic acids is 1. The van der Waals surface area contributed by atoms with Gasteiger partial charge < -0.3 is 15.7 Å². The summed E-state index contributed by atoms with van der Waals surface area (Å²) < 4.78 is 0. The molecule has 0 aromatic heterocycles. The van der Waals surface area contributed by atoms with E-state index < -0.39 is 17.4 Å². The van der Waals surface area contributed by atoms with Crippen LogP contribution in [0.15, 0.2) is 0 Å². The molecule has 0 saturated carbocycles. The zero-order valence-electron chi connectivity index (χ0n) is 12.1. The molecule has 1 amide bonds. The molecular weight excluding hydrogens is 246 g/mol. The van der Waals surface area contributed by atoms with Crippen LogP contribution in [0.1, 0.15) is 27.2 Å². The predicted molar refractivity (Wildman–Crippen MR) is 72.7 cm³/mol. The SMILES string of the molecule is CCC(C)(CN)C(=O)N1CCN(C(C)C(=O)O)CC1. The van der Waals surface area contributed by atoms with E-state index in [2.05, 4.69) is 0 Å². The third kappa shape index (κ3) is 3.45. The summed E-state index contributed by atoms with van der Waals surface area (Å²) in [4.78, 5) is 27.0. The normalized spacial score (nSPS) is 21.8. The number of aliphatic carboxylic acids is 1. The van der Waals surface area contributed by atoms with Crippen LogP contribution >= 0.6 is 0 Å². The molecule has 1 heterocycles. The first-order valence-corrected chi connectivity index (χ1v) is 6.82. The van der Waals surface area contributed by atoms with Crippen LogP contribution in [-0.4, -0.2) is 65.5 Å². The van der Waals surface area contributed by atoms with E-state index in [9.17, 15) is 9.59 Å². The zero-order valence-corrected chi connectivity index (χ0v) is 12.1. The maximum Gasteiger partial charge on any atom is 0.320 e. The number of hydrogen-bond acceptors (Lipinski definition) is 4. The molecular formula is C13H25N3O3. The molecule has 0 aromatic rings. The van der Waals surface area contributed by atoms with Gasteiger partial charge in [-0.1, -0.05) is 6.92 Å². The van der Waals surface area contributed by atoms with E-state index in [1.165, 1.54) is 0 Å². The molecule has 0 aliphatic carbocycles. The molecule has 1 aliphatic rings. The van der Waals surface area contributed by atoms with Gasteiger partial charge in [-0.05, 0) is 20.3 Å². The first kappa shape index (κ1) is 15.9. The summed E-state index contributed by atoms with van der Waals surface area (Å²) in [6.07, 6.45) is 0.716. The minimum absolute atomic E-state index is 0.0835. The monoisotopic (exact) mass is 271 g/mol. The van der Waals surface area contributed by atoms with Gasteiger partial charge in [0.1, 0.15) is 6.04 Å². The van der Waals surface area contributed by atoms with Gasteiger partial charge in [-0.3, -0.25) is 14.5 Å². The fourth-order valence-electron chi connectivity index (χ4n) is 2.23. The Morgan fingerprint density at radius 1 is 1.32 bits per heavy atom. The average molecular weight is 271 g/mol. The Bertz CT molecular complexity index is 334. The van der Waals surface area contributed by atoms with E-state index in [1.54, 1.807) is 11.8 Å². The molecule has 1 rings (SSSR count). The van der Waals surface area contributed by atoms with E-state index in [4.69, 9.17) is 10.8 Å². The summed E-state index contributed by atoms with van der Waals surface area (Å²) in [6.45, 7) is 8.23. The molecule has 1 fully saturated rings. The highest BCUT2D eigenvalue weighted by Crippen LogP contribution is 2.23. The maximum atomic E-state index is 12.4. The van der Waals surface area contributed by atoms with Crippen molar-refractivity contribution in [3.63, 3.8) is 0 Å². The largest absolute Gasteiger partial charge is 0.480 e. The lowest BCUT2D eigenvalue weighted by Gasteiger charge is -2.40. The van der Waals surface area contributed by atoms with Crippen LogP contribution in [0.5, 0.6) is 0 Å². The standard InChI is InChI=1S/C13H25N3O3/c1-4-13(3,9-14)12(19)16-7-5-15(6-8-16)10(2)11(17)18/h10H,4-9,14H2,1-3H3,(H,17,18). The van der Waals surface area contributed by atoms with Crippen molar-refractivity contribution in [2.45, 2.75) is 33.2 Å². The lowest BCUT2D eigenvalue weighted by molar-refractivity contribution is -0.146. The second-order valence-corrected chi connectivity index (χ2v) is 5.46. The lowest BCUT2D eigenvalue weighted by atomic mass is 9.86. The fraction of sp³-hybridized carbons (Fsp3) is 0.846. The Labute approximate surface area is 114 Å². The van der Waals surface area contributed by atoms with Crippen LogP contribution in [0, 0.1) is 5.41 Å². The van der Waals surface area contributed by atoms with Crippen molar-refractivity contribution in [2.24, 2.45) is 11.1 Å². The molecule has 19 heavy (non-hydrogen) atoms. The van der Waals surface area contributed by atoms with Gasteiger partial charge in [0.2, 0.25) is 5.91 Å². The number of hydrogen-bond donors (Lipinski definition) is 2. The third-order valence-corrected chi connectivity index (χ3v) is 4.25. The molecule has 3 N–H and O–H groups in total. The molecule has 0 bridgehead atoms. The lowest BCUT2D eigenvalue weighted by Crippen LogP contribution is -2.56. The summed E-state index contributed by atoms with van der Waals surface area (Å²) in [5.74, 6) is -0.736. The number of nitrogens with zero attached hydrogens (tertiary/aromatic N) is 2. The number of amides is 1. The number of carbonyl (C=O) groups is 2. The predicted octanol–water partition coefficient (Wildman–Crippen LogP) is -0.0213. The van der Waals surface area contributed by atoms with Crippen molar-refractivity contribution in [3.8, 4) is 0 Å². The zero-order chi connectivity index (χ0) is 14.6.